The van der Waals surface area contributed by atoms with Crippen molar-refractivity contribution in [2.75, 3.05) is 19.6 Å². The standard InChI is InChI=1S/C14H27FN2O/c1-10(2)13(16-14(18)11(3)4)6-8-17-7-5-12(15)9-17/h10-13H,5-9H2,1-4H3,(H,16,18)/t12-,13?/m0/s1. The third-order valence-electron chi connectivity index (χ3n) is 3.63. The van der Waals surface area contributed by atoms with Crippen LogP contribution in [0.2, 0.25) is 0 Å². The molecule has 1 amide bonds. The smallest absolute Gasteiger partial charge is 0.222 e. The van der Waals surface area contributed by atoms with Crippen molar-refractivity contribution in [1.29, 1.82) is 0 Å². The van der Waals surface area contributed by atoms with Gasteiger partial charge in [-0.15, -0.1) is 0 Å². The number of hydrogen-bond acceptors (Lipinski definition) is 2. The molecule has 0 spiro atoms. The second kappa shape index (κ2) is 7.07. The van der Waals surface area contributed by atoms with Crippen molar-refractivity contribution in [3.05, 3.63) is 0 Å². The van der Waals surface area contributed by atoms with E-state index >= 15 is 0 Å². The first-order valence-electron chi connectivity index (χ1n) is 7.07. The van der Waals surface area contributed by atoms with E-state index in [0.29, 0.717) is 18.9 Å². The normalized spacial score (nSPS) is 22.7. The molecule has 1 aliphatic rings. The summed E-state index contributed by atoms with van der Waals surface area (Å²) in [6, 6.07) is 0.193. The minimum absolute atomic E-state index is 0.0215. The molecule has 18 heavy (non-hydrogen) atoms. The number of nitrogens with one attached hydrogen (secondary N) is 1. The van der Waals surface area contributed by atoms with E-state index in [-0.39, 0.29) is 17.9 Å². The summed E-state index contributed by atoms with van der Waals surface area (Å²) in [7, 11) is 0. The van der Waals surface area contributed by atoms with Gasteiger partial charge in [0.15, 0.2) is 0 Å². The quantitative estimate of drug-likeness (QED) is 0.792. The van der Waals surface area contributed by atoms with Crippen LogP contribution in [-0.2, 0) is 4.79 Å². The SMILES string of the molecule is CC(C)C(=O)NC(CCN1CC[C@H](F)C1)C(C)C. The van der Waals surface area contributed by atoms with Crippen molar-refractivity contribution in [2.24, 2.45) is 11.8 Å². The van der Waals surface area contributed by atoms with Gasteiger partial charge in [0.2, 0.25) is 5.91 Å². The Morgan fingerprint density at radius 2 is 2.06 bits per heavy atom. The second-order valence-electron chi connectivity index (χ2n) is 5.99. The fourth-order valence-corrected chi connectivity index (χ4v) is 2.23. The van der Waals surface area contributed by atoms with Crippen LogP contribution in [0.3, 0.4) is 0 Å². The van der Waals surface area contributed by atoms with Crippen molar-refractivity contribution in [2.45, 2.75) is 52.8 Å². The van der Waals surface area contributed by atoms with Gasteiger partial charge >= 0.3 is 0 Å². The third-order valence-corrected chi connectivity index (χ3v) is 3.63. The van der Waals surface area contributed by atoms with E-state index in [2.05, 4.69) is 24.1 Å². The van der Waals surface area contributed by atoms with E-state index < -0.39 is 6.17 Å². The van der Waals surface area contributed by atoms with E-state index in [4.69, 9.17) is 0 Å². The van der Waals surface area contributed by atoms with Crippen LogP contribution in [0.1, 0.15) is 40.5 Å². The number of hydrogen-bond donors (Lipinski definition) is 1. The van der Waals surface area contributed by atoms with Gasteiger partial charge in [-0.25, -0.2) is 4.39 Å². The van der Waals surface area contributed by atoms with Crippen molar-refractivity contribution < 1.29 is 9.18 Å². The van der Waals surface area contributed by atoms with Crippen LogP contribution in [0.15, 0.2) is 0 Å². The van der Waals surface area contributed by atoms with Crippen molar-refractivity contribution in [1.82, 2.24) is 10.2 Å². The highest BCUT2D eigenvalue weighted by Crippen LogP contribution is 2.15. The van der Waals surface area contributed by atoms with Gasteiger partial charge in [-0.05, 0) is 18.8 Å². The molecule has 0 radical (unpaired) electrons. The van der Waals surface area contributed by atoms with Crippen LogP contribution in [0.25, 0.3) is 0 Å². The zero-order valence-corrected chi connectivity index (χ0v) is 12.1. The van der Waals surface area contributed by atoms with Gasteiger partial charge in [-0.2, -0.15) is 0 Å². The topological polar surface area (TPSA) is 32.3 Å². The molecule has 0 aromatic carbocycles. The highest BCUT2D eigenvalue weighted by Gasteiger charge is 2.24. The fraction of sp³-hybridized carbons (Fsp3) is 0.929. The lowest BCUT2D eigenvalue weighted by Gasteiger charge is -2.25. The molecule has 3 nitrogen and oxygen atoms in total. The number of alkyl halides is 1. The minimum Gasteiger partial charge on any atom is -0.353 e. The predicted molar refractivity (Wildman–Crippen MR) is 72.2 cm³/mol. The minimum atomic E-state index is -0.659. The van der Waals surface area contributed by atoms with Gasteiger partial charge in [0, 0.05) is 31.6 Å². The summed E-state index contributed by atoms with van der Waals surface area (Å²) in [5, 5.41) is 3.09. The molecule has 0 aliphatic carbocycles. The van der Waals surface area contributed by atoms with Crippen LogP contribution in [0.4, 0.5) is 4.39 Å². The number of carbonyl (C=O) groups is 1. The Balaban J connectivity index is 2.36. The van der Waals surface area contributed by atoms with Gasteiger partial charge < -0.3 is 10.2 Å². The maximum absolute atomic E-state index is 13.1. The monoisotopic (exact) mass is 258 g/mol. The summed E-state index contributed by atoms with van der Waals surface area (Å²) in [6.07, 6.45) is 0.904. The number of likely N-dealkylation sites (tertiary alicyclic amines) is 1. The Bertz CT molecular complexity index is 269. The molecule has 1 heterocycles. The molecule has 2 atom stereocenters. The zero-order chi connectivity index (χ0) is 13.7. The number of carbonyl (C=O) groups excluding carboxylic acids is 1. The van der Waals surface area contributed by atoms with Crippen molar-refractivity contribution >= 4 is 5.91 Å². The second-order valence-corrected chi connectivity index (χ2v) is 5.99. The van der Waals surface area contributed by atoms with Gasteiger partial charge in [-0.3, -0.25) is 4.79 Å². The van der Waals surface area contributed by atoms with E-state index in [1.807, 2.05) is 13.8 Å². The number of rotatable bonds is 6. The van der Waals surface area contributed by atoms with Gasteiger partial charge in [0.1, 0.15) is 6.17 Å². The molecule has 1 rings (SSSR count). The fourth-order valence-electron chi connectivity index (χ4n) is 2.23. The number of nitrogens with zero attached hydrogens (tertiary/aromatic N) is 1. The summed E-state index contributed by atoms with van der Waals surface area (Å²) < 4.78 is 13.1. The van der Waals surface area contributed by atoms with E-state index in [9.17, 15) is 9.18 Å². The molecule has 1 saturated heterocycles. The van der Waals surface area contributed by atoms with Crippen molar-refractivity contribution in [3.8, 4) is 0 Å². The first-order valence-corrected chi connectivity index (χ1v) is 7.07. The molecular formula is C14H27FN2O. The Morgan fingerprint density at radius 1 is 1.39 bits per heavy atom. The van der Waals surface area contributed by atoms with Crippen molar-refractivity contribution in [3.63, 3.8) is 0 Å². The molecule has 1 aliphatic heterocycles. The molecule has 1 fully saturated rings. The zero-order valence-electron chi connectivity index (χ0n) is 12.1. The Kier molecular flexibility index (Phi) is 6.06. The van der Waals surface area contributed by atoms with Crippen LogP contribution >= 0.6 is 0 Å². The molecule has 1 unspecified atom stereocenters. The largest absolute Gasteiger partial charge is 0.353 e. The molecule has 0 saturated carbocycles. The van der Waals surface area contributed by atoms with Gasteiger partial charge in [0.05, 0.1) is 0 Å². The Hall–Kier alpha value is -0.640. The molecule has 0 aromatic rings. The van der Waals surface area contributed by atoms with Gasteiger partial charge in [0.25, 0.3) is 0 Å². The molecule has 0 bridgehead atoms. The van der Waals surface area contributed by atoms with Crippen LogP contribution in [0.5, 0.6) is 0 Å². The maximum atomic E-state index is 13.1. The average Bonchev–Trinajstić information content (AvgIpc) is 2.69. The molecule has 1 N–H and O–H groups in total. The van der Waals surface area contributed by atoms with E-state index in [1.165, 1.54) is 0 Å². The van der Waals surface area contributed by atoms with Crippen LogP contribution in [-0.4, -0.2) is 42.7 Å². The summed E-state index contributed by atoms with van der Waals surface area (Å²) >= 11 is 0. The Labute approximate surface area is 110 Å². The highest BCUT2D eigenvalue weighted by molar-refractivity contribution is 5.78. The summed E-state index contributed by atoms with van der Waals surface area (Å²) in [6.45, 7) is 10.3. The Morgan fingerprint density at radius 3 is 2.50 bits per heavy atom. The average molecular weight is 258 g/mol. The molecule has 4 heteroatoms. The maximum Gasteiger partial charge on any atom is 0.222 e. The van der Waals surface area contributed by atoms with Crippen LogP contribution in [0, 0.1) is 11.8 Å². The summed E-state index contributed by atoms with van der Waals surface area (Å²) in [4.78, 5) is 13.9. The lowest BCUT2D eigenvalue weighted by Crippen LogP contribution is -2.42. The first kappa shape index (κ1) is 15.4. The summed E-state index contributed by atoms with van der Waals surface area (Å²) in [5.74, 6) is 0.545. The van der Waals surface area contributed by atoms with E-state index in [0.717, 1.165) is 19.5 Å². The van der Waals surface area contributed by atoms with E-state index in [1.54, 1.807) is 0 Å². The highest BCUT2D eigenvalue weighted by atomic mass is 19.1. The molecule has 0 aromatic heterocycles. The molecule has 106 valence electrons. The van der Waals surface area contributed by atoms with Gasteiger partial charge in [-0.1, -0.05) is 27.7 Å². The first-order chi connectivity index (χ1) is 8.40. The predicted octanol–water partition coefficient (Wildman–Crippen LogP) is 2.22. The lowest BCUT2D eigenvalue weighted by molar-refractivity contribution is -0.125. The third kappa shape index (κ3) is 4.92. The number of halogens is 1. The van der Waals surface area contributed by atoms with Crippen LogP contribution < -0.4 is 5.32 Å². The summed E-state index contributed by atoms with van der Waals surface area (Å²) in [5.41, 5.74) is 0. The molecular weight excluding hydrogens is 231 g/mol. The lowest BCUT2D eigenvalue weighted by atomic mass is 9.99. The number of amides is 1.